The minimum absolute atomic E-state index is 0.0961. The molecule has 1 aliphatic heterocycles. The molecule has 0 aromatic heterocycles. The number of hydrogen-bond donors (Lipinski definition) is 1. The molecule has 2 N–H and O–H groups in total. The first kappa shape index (κ1) is 16.4. The second-order valence-corrected chi connectivity index (χ2v) is 7.78. The molecule has 0 spiro atoms. The summed E-state index contributed by atoms with van der Waals surface area (Å²) in [5, 5.41) is 8.77. The Hall–Kier alpha value is -2.43. The molecular weight excluding hydrogens is 331 g/mol. The largest absolute Gasteiger partial charge is 0.488 e. The molecule has 7 heteroatoms. The Kier molecular flexibility index (Phi) is 4.03. The highest BCUT2D eigenvalue weighted by Crippen LogP contribution is 2.39. The molecule has 0 radical (unpaired) electrons. The van der Waals surface area contributed by atoms with Crippen LogP contribution in [0.5, 0.6) is 5.75 Å². The summed E-state index contributed by atoms with van der Waals surface area (Å²) in [7, 11) is -3.32. The standard InChI is InChI=1S/C17H15FN2O3S/c1-24(21,22)13-2-3-14-11(5-13)9-23-17-6-10(4-12(20)8-19)16(18)7-15(14)17/h2-3,5-7,12H,4,9,20H2,1H3. The molecule has 24 heavy (non-hydrogen) atoms. The summed E-state index contributed by atoms with van der Waals surface area (Å²) < 4.78 is 43.3. The number of nitriles is 1. The molecule has 2 aromatic carbocycles. The zero-order valence-electron chi connectivity index (χ0n) is 12.9. The summed E-state index contributed by atoms with van der Waals surface area (Å²) in [5.41, 5.74) is 7.86. The molecular formula is C17H15FN2O3S. The zero-order valence-corrected chi connectivity index (χ0v) is 13.7. The van der Waals surface area contributed by atoms with Crippen LogP contribution < -0.4 is 10.5 Å². The average Bonchev–Trinajstić information content (AvgIpc) is 2.54. The van der Waals surface area contributed by atoms with Crippen LogP contribution in [0.25, 0.3) is 11.1 Å². The Bertz CT molecular complexity index is 965. The quantitative estimate of drug-likeness (QED) is 0.919. The number of halogens is 1. The van der Waals surface area contributed by atoms with Gasteiger partial charge in [-0.1, -0.05) is 6.07 Å². The van der Waals surface area contributed by atoms with Gasteiger partial charge in [0.15, 0.2) is 9.84 Å². The van der Waals surface area contributed by atoms with Gasteiger partial charge in [0.2, 0.25) is 0 Å². The second kappa shape index (κ2) is 5.89. The summed E-state index contributed by atoms with van der Waals surface area (Å²) in [5.74, 6) is 0.0271. The van der Waals surface area contributed by atoms with Gasteiger partial charge >= 0.3 is 0 Å². The fraction of sp³-hybridized carbons (Fsp3) is 0.235. The molecule has 5 nitrogen and oxygen atoms in total. The lowest BCUT2D eigenvalue weighted by Gasteiger charge is -2.22. The van der Waals surface area contributed by atoms with Crippen molar-refractivity contribution in [2.45, 2.75) is 24.0 Å². The lowest BCUT2D eigenvalue weighted by Crippen LogP contribution is -2.21. The van der Waals surface area contributed by atoms with E-state index in [0.717, 1.165) is 11.8 Å². The highest BCUT2D eigenvalue weighted by molar-refractivity contribution is 7.90. The number of ether oxygens (including phenoxy) is 1. The van der Waals surface area contributed by atoms with Gasteiger partial charge in [0, 0.05) is 18.2 Å². The number of rotatable bonds is 3. The molecule has 1 aliphatic rings. The average molecular weight is 346 g/mol. The van der Waals surface area contributed by atoms with Crippen LogP contribution in [0.15, 0.2) is 35.2 Å². The smallest absolute Gasteiger partial charge is 0.175 e. The highest BCUT2D eigenvalue weighted by atomic mass is 32.2. The van der Waals surface area contributed by atoms with Crippen LogP contribution in [-0.4, -0.2) is 20.7 Å². The van der Waals surface area contributed by atoms with Crippen LogP contribution >= 0.6 is 0 Å². The van der Waals surface area contributed by atoms with Gasteiger partial charge in [0.25, 0.3) is 0 Å². The van der Waals surface area contributed by atoms with Gasteiger partial charge in [-0.15, -0.1) is 0 Å². The van der Waals surface area contributed by atoms with Gasteiger partial charge in [0.05, 0.1) is 17.0 Å². The predicted octanol–water partition coefficient (Wildman–Crippen LogP) is 2.18. The van der Waals surface area contributed by atoms with Crippen molar-refractivity contribution >= 4 is 9.84 Å². The van der Waals surface area contributed by atoms with Crippen molar-refractivity contribution < 1.29 is 17.5 Å². The lowest BCUT2D eigenvalue weighted by molar-refractivity contribution is 0.301. The predicted molar refractivity (Wildman–Crippen MR) is 86.6 cm³/mol. The Morgan fingerprint density at radius 2 is 2.08 bits per heavy atom. The SMILES string of the molecule is CS(=O)(=O)c1ccc2c(c1)COc1cc(CC(N)C#N)c(F)cc1-2. The third-order valence-corrected chi connectivity index (χ3v) is 5.04. The Labute approximate surface area is 139 Å². The highest BCUT2D eigenvalue weighted by Gasteiger charge is 2.22. The Morgan fingerprint density at radius 3 is 2.75 bits per heavy atom. The molecule has 0 fully saturated rings. The van der Waals surface area contributed by atoms with Gasteiger partial charge in [-0.25, -0.2) is 12.8 Å². The first-order valence-corrected chi connectivity index (χ1v) is 9.12. The van der Waals surface area contributed by atoms with E-state index < -0.39 is 21.7 Å². The molecule has 0 saturated heterocycles. The lowest BCUT2D eigenvalue weighted by atomic mass is 9.94. The van der Waals surface area contributed by atoms with E-state index in [1.165, 1.54) is 12.1 Å². The second-order valence-electron chi connectivity index (χ2n) is 5.76. The van der Waals surface area contributed by atoms with Crippen LogP contribution in [0.4, 0.5) is 4.39 Å². The first-order valence-electron chi connectivity index (χ1n) is 7.23. The molecule has 1 unspecified atom stereocenters. The summed E-state index contributed by atoms with van der Waals surface area (Å²) in [6.45, 7) is 0.196. The fourth-order valence-electron chi connectivity index (χ4n) is 2.70. The Balaban J connectivity index is 2.07. The number of hydrogen-bond acceptors (Lipinski definition) is 5. The maximum absolute atomic E-state index is 14.3. The molecule has 1 heterocycles. The number of sulfone groups is 1. The number of fused-ring (bicyclic) bond motifs is 3. The molecule has 0 saturated carbocycles. The van der Waals surface area contributed by atoms with Crippen LogP contribution in [0.2, 0.25) is 0 Å². The van der Waals surface area contributed by atoms with Crippen molar-refractivity contribution in [2.75, 3.05) is 6.26 Å². The molecule has 0 bridgehead atoms. The van der Waals surface area contributed by atoms with Crippen molar-refractivity contribution in [1.82, 2.24) is 0 Å². The van der Waals surface area contributed by atoms with E-state index in [1.807, 2.05) is 6.07 Å². The van der Waals surface area contributed by atoms with Crippen LogP contribution in [0, 0.1) is 17.1 Å². The number of nitrogens with two attached hydrogens (primary N) is 1. The van der Waals surface area contributed by atoms with E-state index in [1.54, 1.807) is 18.2 Å². The summed E-state index contributed by atoms with van der Waals surface area (Å²) >= 11 is 0. The third-order valence-electron chi connectivity index (χ3n) is 3.93. The van der Waals surface area contributed by atoms with E-state index in [2.05, 4.69) is 0 Å². The summed E-state index contributed by atoms with van der Waals surface area (Å²) in [6.07, 6.45) is 1.23. The van der Waals surface area contributed by atoms with Gasteiger partial charge in [-0.05, 0) is 41.0 Å². The van der Waals surface area contributed by atoms with E-state index in [9.17, 15) is 12.8 Å². The third kappa shape index (κ3) is 2.98. The van der Waals surface area contributed by atoms with Crippen molar-refractivity contribution in [2.24, 2.45) is 5.73 Å². The van der Waals surface area contributed by atoms with Crippen molar-refractivity contribution in [3.05, 3.63) is 47.3 Å². The van der Waals surface area contributed by atoms with Crippen molar-refractivity contribution in [3.8, 4) is 22.9 Å². The molecule has 0 aliphatic carbocycles. The maximum atomic E-state index is 14.3. The number of nitrogens with zero attached hydrogens (tertiary/aromatic N) is 1. The van der Waals surface area contributed by atoms with Crippen molar-refractivity contribution in [1.29, 1.82) is 5.26 Å². The summed E-state index contributed by atoms with van der Waals surface area (Å²) in [6, 6.07) is 8.68. The van der Waals surface area contributed by atoms with E-state index >= 15 is 0 Å². The minimum Gasteiger partial charge on any atom is -0.488 e. The van der Waals surface area contributed by atoms with Gasteiger partial charge in [0.1, 0.15) is 18.2 Å². The van der Waals surface area contributed by atoms with Gasteiger partial charge in [-0.3, -0.25) is 0 Å². The van der Waals surface area contributed by atoms with Crippen LogP contribution in [0.1, 0.15) is 11.1 Å². The fourth-order valence-corrected chi connectivity index (χ4v) is 3.37. The number of benzene rings is 2. The van der Waals surface area contributed by atoms with Gasteiger partial charge in [-0.2, -0.15) is 5.26 Å². The van der Waals surface area contributed by atoms with E-state index in [-0.39, 0.29) is 17.9 Å². The maximum Gasteiger partial charge on any atom is 0.175 e. The van der Waals surface area contributed by atoms with E-state index in [0.29, 0.717) is 22.4 Å². The topological polar surface area (TPSA) is 93.2 Å². The summed E-state index contributed by atoms with van der Waals surface area (Å²) in [4.78, 5) is 0.199. The minimum atomic E-state index is -3.32. The Morgan fingerprint density at radius 1 is 1.33 bits per heavy atom. The monoisotopic (exact) mass is 346 g/mol. The molecule has 0 amide bonds. The molecule has 1 atom stereocenters. The molecule has 124 valence electrons. The molecule has 2 aromatic rings. The van der Waals surface area contributed by atoms with Gasteiger partial charge < -0.3 is 10.5 Å². The normalized spacial score (nSPS) is 14.1. The van der Waals surface area contributed by atoms with Crippen molar-refractivity contribution in [3.63, 3.8) is 0 Å². The zero-order chi connectivity index (χ0) is 17.5. The molecule has 3 rings (SSSR count). The van der Waals surface area contributed by atoms with E-state index in [4.69, 9.17) is 15.7 Å². The first-order chi connectivity index (χ1) is 11.3. The van der Waals surface area contributed by atoms with Crippen LogP contribution in [-0.2, 0) is 22.9 Å². The van der Waals surface area contributed by atoms with Crippen LogP contribution in [0.3, 0.4) is 0 Å².